The maximum Gasteiger partial charge on any atom is 0.226 e. The molecular formula is C18H17ClN2OS. The standard InChI is InChI=1S/C18H17ClN2OS/c1-10(2)17(22)20-13-6-4-12(5-7-13)18-21-15-9-14(19)11(3)8-16(15)23-18/h4-10H,1-3H3,(H,20,22). The number of amides is 1. The molecule has 0 spiro atoms. The number of fused-ring (bicyclic) bond motifs is 1. The van der Waals surface area contributed by atoms with Crippen molar-refractivity contribution in [2.24, 2.45) is 5.92 Å². The third kappa shape index (κ3) is 3.38. The van der Waals surface area contributed by atoms with Crippen molar-refractivity contribution in [3.63, 3.8) is 0 Å². The van der Waals surface area contributed by atoms with Gasteiger partial charge in [0, 0.05) is 22.2 Å². The molecule has 0 radical (unpaired) electrons. The topological polar surface area (TPSA) is 42.0 Å². The number of anilines is 1. The zero-order chi connectivity index (χ0) is 16.6. The Morgan fingerprint density at radius 1 is 1.22 bits per heavy atom. The van der Waals surface area contributed by atoms with Gasteiger partial charge in [-0.15, -0.1) is 11.3 Å². The van der Waals surface area contributed by atoms with Gasteiger partial charge in [-0.3, -0.25) is 4.79 Å². The highest BCUT2D eigenvalue weighted by Gasteiger charge is 2.10. The van der Waals surface area contributed by atoms with Crippen molar-refractivity contribution in [1.29, 1.82) is 0 Å². The molecule has 1 N–H and O–H groups in total. The van der Waals surface area contributed by atoms with Crippen molar-refractivity contribution < 1.29 is 4.79 Å². The summed E-state index contributed by atoms with van der Waals surface area (Å²) < 4.78 is 1.12. The second-order valence-corrected chi connectivity index (χ2v) is 7.25. The lowest BCUT2D eigenvalue weighted by atomic mass is 10.2. The fourth-order valence-corrected chi connectivity index (χ4v) is 3.37. The number of hydrogen-bond donors (Lipinski definition) is 1. The predicted octanol–water partition coefficient (Wildman–Crippen LogP) is 5.52. The lowest BCUT2D eigenvalue weighted by Gasteiger charge is -2.07. The molecule has 1 heterocycles. The van der Waals surface area contributed by atoms with Gasteiger partial charge in [0.05, 0.1) is 10.2 Å². The maximum absolute atomic E-state index is 11.7. The van der Waals surface area contributed by atoms with E-state index in [1.165, 1.54) is 0 Å². The third-order valence-electron chi connectivity index (χ3n) is 3.59. The van der Waals surface area contributed by atoms with Crippen LogP contribution in [0.2, 0.25) is 5.02 Å². The Morgan fingerprint density at radius 3 is 2.57 bits per heavy atom. The van der Waals surface area contributed by atoms with Crippen LogP contribution < -0.4 is 5.32 Å². The van der Waals surface area contributed by atoms with Crippen molar-refractivity contribution in [3.05, 3.63) is 47.0 Å². The summed E-state index contributed by atoms with van der Waals surface area (Å²) in [7, 11) is 0. The fraction of sp³-hybridized carbons (Fsp3) is 0.222. The molecule has 118 valence electrons. The molecule has 0 fully saturated rings. The van der Waals surface area contributed by atoms with E-state index < -0.39 is 0 Å². The molecule has 0 saturated heterocycles. The molecule has 0 aliphatic rings. The van der Waals surface area contributed by atoms with Crippen molar-refractivity contribution in [3.8, 4) is 10.6 Å². The molecule has 0 aliphatic carbocycles. The molecule has 1 amide bonds. The van der Waals surface area contributed by atoms with Gasteiger partial charge in [-0.2, -0.15) is 0 Å². The van der Waals surface area contributed by atoms with Gasteiger partial charge in [-0.05, 0) is 48.9 Å². The summed E-state index contributed by atoms with van der Waals surface area (Å²) in [4.78, 5) is 16.4. The molecule has 0 atom stereocenters. The van der Waals surface area contributed by atoms with E-state index in [0.717, 1.165) is 37.1 Å². The van der Waals surface area contributed by atoms with Crippen LogP contribution in [0.4, 0.5) is 5.69 Å². The summed E-state index contributed by atoms with van der Waals surface area (Å²) in [6.07, 6.45) is 0. The number of aromatic nitrogens is 1. The van der Waals surface area contributed by atoms with E-state index in [2.05, 4.69) is 16.4 Å². The number of nitrogens with one attached hydrogen (secondary N) is 1. The summed E-state index contributed by atoms with van der Waals surface area (Å²) in [6, 6.07) is 11.7. The molecule has 23 heavy (non-hydrogen) atoms. The SMILES string of the molecule is Cc1cc2sc(-c3ccc(NC(=O)C(C)C)cc3)nc2cc1Cl. The van der Waals surface area contributed by atoms with Crippen molar-refractivity contribution in [1.82, 2.24) is 4.98 Å². The van der Waals surface area contributed by atoms with Crippen molar-refractivity contribution >= 4 is 44.7 Å². The number of carbonyl (C=O) groups excluding carboxylic acids is 1. The average Bonchev–Trinajstić information content (AvgIpc) is 2.91. The fourth-order valence-electron chi connectivity index (χ4n) is 2.16. The zero-order valence-electron chi connectivity index (χ0n) is 13.2. The van der Waals surface area contributed by atoms with Crippen LogP contribution in [-0.2, 0) is 4.79 Å². The summed E-state index contributed by atoms with van der Waals surface area (Å²) >= 11 is 7.80. The molecule has 5 heteroatoms. The first-order valence-corrected chi connectivity index (χ1v) is 8.61. The largest absolute Gasteiger partial charge is 0.326 e. The minimum Gasteiger partial charge on any atom is -0.326 e. The Bertz CT molecular complexity index is 830. The molecule has 1 aromatic heterocycles. The maximum atomic E-state index is 11.7. The first kappa shape index (κ1) is 16.0. The zero-order valence-corrected chi connectivity index (χ0v) is 14.8. The van der Waals surface area contributed by atoms with Crippen LogP contribution in [0.3, 0.4) is 0 Å². The van der Waals surface area contributed by atoms with E-state index in [1.54, 1.807) is 11.3 Å². The van der Waals surface area contributed by atoms with Crippen LogP contribution in [0.15, 0.2) is 36.4 Å². The molecule has 0 saturated carbocycles. The first-order valence-electron chi connectivity index (χ1n) is 7.42. The second kappa shape index (κ2) is 6.30. The lowest BCUT2D eigenvalue weighted by molar-refractivity contribution is -0.118. The van der Waals surface area contributed by atoms with Crippen molar-refractivity contribution in [2.75, 3.05) is 5.32 Å². The number of benzene rings is 2. The highest BCUT2D eigenvalue weighted by Crippen LogP contribution is 2.33. The van der Waals surface area contributed by atoms with Crippen LogP contribution in [0, 0.1) is 12.8 Å². The van der Waals surface area contributed by atoms with Crippen LogP contribution >= 0.6 is 22.9 Å². The number of thiazole rings is 1. The molecule has 3 aromatic rings. The van der Waals surface area contributed by atoms with Gasteiger partial charge in [-0.1, -0.05) is 25.4 Å². The Kier molecular flexibility index (Phi) is 4.37. The van der Waals surface area contributed by atoms with Crippen molar-refractivity contribution in [2.45, 2.75) is 20.8 Å². The quantitative estimate of drug-likeness (QED) is 0.679. The Morgan fingerprint density at radius 2 is 1.91 bits per heavy atom. The van der Waals surface area contributed by atoms with Gasteiger partial charge in [0.2, 0.25) is 5.91 Å². The first-order chi connectivity index (χ1) is 10.9. The Labute approximate surface area is 144 Å². The number of nitrogens with zero attached hydrogens (tertiary/aromatic N) is 1. The summed E-state index contributed by atoms with van der Waals surface area (Å²) in [5, 5.41) is 4.57. The van der Waals surface area contributed by atoms with Gasteiger partial charge in [0.15, 0.2) is 0 Å². The highest BCUT2D eigenvalue weighted by molar-refractivity contribution is 7.21. The van der Waals surface area contributed by atoms with E-state index in [4.69, 9.17) is 11.6 Å². The van der Waals surface area contributed by atoms with E-state index in [9.17, 15) is 4.79 Å². The summed E-state index contributed by atoms with van der Waals surface area (Å²) in [5.74, 6) is -0.0187. The van der Waals surface area contributed by atoms with E-state index in [0.29, 0.717) is 0 Å². The van der Waals surface area contributed by atoms with Crippen LogP contribution in [-0.4, -0.2) is 10.9 Å². The number of carbonyl (C=O) groups is 1. The molecule has 0 aliphatic heterocycles. The summed E-state index contributed by atoms with van der Waals surface area (Å²) in [5.41, 5.74) is 3.80. The Balaban J connectivity index is 1.88. The third-order valence-corrected chi connectivity index (χ3v) is 5.07. The molecule has 0 unspecified atom stereocenters. The van der Waals surface area contributed by atoms with Gasteiger partial charge in [-0.25, -0.2) is 4.98 Å². The highest BCUT2D eigenvalue weighted by atomic mass is 35.5. The van der Waals surface area contributed by atoms with Gasteiger partial charge in [0.1, 0.15) is 5.01 Å². The smallest absolute Gasteiger partial charge is 0.226 e. The number of rotatable bonds is 3. The lowest BCUT2D eigenvalue weighted by Crippen LogP contribution is -2.17. The van der Waals surface area contributed by atoms with Gasteiger partial charge in [0.25, 0.3) is 0 Å². The molecular weight excluding hydrogens is 328 g/mol. The minimum absolute atomic E-state index is 0.0165. The number of halogens is 1. The molecule has 3 nitrogen and oxygen atoms in total. The Hall–Kier alpha value is -1.91. The van der Waals surface area contributed by atoms with E-state index in [-0.39, 0.29) is 11.8 Å². The second-order valence-electron chi connectivity index (χ2n) is 5.81. The van der Waals surface area contributed by atoms with Gasteiger partial charge < -0.3 is 5.32 Å². The van der Waals surface area contributed by atoms with E-state index in [1.807, 2.05) is 51.1 Å². The van der Waals surface area contributed by atoms with Crippen LogP contribution in [0.25, 0.3) is 20.8 Å². The van der Waals surface area contributed by atoms with E-state index >= 15 is 0 Å². The normalized spacial score (nSPS) is 11.2. The predicted molar refractivity (Wildman–Crippen MR) is 98.3 cm³/mol. The molecule has 2 aromatic carbocycles. The minimum atomic E-state index is -0.0353. The average molecular weight is 345 g/mol. The molecule has 0 bridgehead atoms. The van der Waals surface area contributed by atoms with Crippen LogP contribution in [0.1, 0.15) is 19.4 Å². The monoisotopic (exact) mass is 344 g/mol. The van der Waals surface area contributed by atoms with Crippen LogP contribution in [0.5, 0.6) is 0 Å². The molecule has 3 rings (SSSR count). The number of aryl methyl sites for hydroxylation is 1. The number of hydrogen-bond acceptors (Lipinski definition) is 3. The summed E-state index contributed by atoms with van der Waals surface area (Å²) in [6.45, 7) is 5.74. The van der Waals surface area contributed by atoms with Gasteiger partial charge >= 0.3 is 0 Å².